The molecule has 3 aromatic rings. The van der Waals surface area contributed by atoms with E-state index in [0.717, 1.165) is 17.7 Å². The van der Waals surface area contributed by atoms with E-state index in [1.54, 1.807) is 24.3 Å². The third-order valence-corrected chi connectivity index (χ3v) is 4.69. The van der Waals surface area contributed by atoms with Crippen LogP contribution in [0, 0.1) is 10.7 Å². The van der Waals surface area contributed by atoms with Crippen LogP contribution in [0.1, 0.15) is 27.5 Å². The zero-order valence-corrected chi connectivity index (χ0v) is 16.4. The lowest BCUT2D eigenvalue weighted by Crippen LogP contribution is -2.39. The van der Waals surface area contributed by atoms with Crippen molar-refractivity contribution >= 4 is 29.1 Å². The number of carbonyl (C=O) groups excluding carboxylic acids is 2. The van der Waals surface area contributed by atoms with Crippen LogP contribution < -0.4 is 10.6 Å². The number of amides is 2. The Hall–Kier alpha value is -3.58. The summed E-state index contributed by atoms with van der Waals surface area (Å²) in [4.78, 5) is 35.6. The third-order valence-electron chi connectivity index (χ3n) is 4.35. The summed E-state index contributed by atoms with van der Waals surface area (Å²) in [5.74, 6) is -1.44. The highest BCUT2D eigenvalue weighted by Crippen LogP contribution is 2.31. The van der Waals surface area contributed by atoms with Gasteiger partial charge in [-0.2, -0.15) is 0 Å². The maximum absolute atomic E-state index is 13.0. The minimum absolute atomic E-state index is 0.175. The van der Waals surface area contributed by atoms with E-state index in [9.17, 15) is 18.9 Å². The average molecular weight is 426 g/mol. The minimum atomic E-state index is -0.657. The monoisotopic (exact) mass is 425 g/mol. The van der Waals surface area contributed by atoms with Crippen molar-refractivity contribution in [3.63, 3.8) is 0 Å². The summed E-state index contributed by atoms with van der Waals surface area (Å²) in [6.07, 6.45) is 0. The van der Waals surface area contributed by atoms with Gasteiger partial charge in [-0.15, -0.1) is 4.91 Å². The highest BCUT2D eigenvalue weighted by molar-refractivity contribution is 6.31. The molecule has 3 aromatic carbocycles. The molecule has 3 rings (SSSR count). The molecule has 0 aliphatic heterocycles. The van der Waals surface area contributed by atoms with Crippen molar-refractivity contribution in [3.05, 3.63) is 105 Å². The lowest BCUT2D eigenvalue weighted by molar-refractivity contribution is -0.120. The van der Waals surface area contributed by atoms with Gasteiger partial charge >= 0.3 is 0 Å². The number of halogens is 2. The molecule has 1 unspecified atom stereocenters. The molecule has 0 bridgehead atoms. The van der Waals surface area contributed by atoms with Crippen LogP contribution in [0.25, 0.3) is 0 Å². The van der Waals surface area contributed by atoms with E-state index in [-0.39, 0.29) is 17.8 Å². The Bertz CT molecular complexity index is 1060. The lowest BCUT2D eigenvalue weighted by Gasteiger charge is -2.21. The number of hydrogen-bond donors (Lipinski definition) is 2. The maximum atomic E-state index is 13.0. The first-order chi connectivity index (χ1) is 14.5. The topological polar surface area (TPSA) is 87.6 Å². The van der Waals surface area contributed by atoms with Crippen LogP contribution in [0.4, 0.5) is 10.1 Å². The highest BCUT2D eigenvalue weighted by atomic mass is 35.5. The number of hydrogen-bond acceptors (Lipinski definition) is 4. The number of nitrogens with zero attached hydrogens (tertiary/aromatic N) is 1. The first-order valence-corrected chi connectivity index (χ1v) is 9.36. The second-order valence-corrected chi connectivity index (χ2v) is 6.81. The largest absolute Gasteiger partial charge is 0.344 e. The molecule has 2 amide bonds. The molecule has 152 valence electrons. The summed E-state index contributed by atoms with van der Waals surface area (Å²) >= 11 is 6.31. The van der Waals surface area contributed by atoms with E-state index in [2.05, 4.69) is 15.8 Å². The van der Waals surface area contributed by atoms with E-state index in [4.69, 9.17) is 11.6 Å². The van der Waals surface area contributed by atoms with Crippen LogP contribution in [-0.2, 0) is 4.79 Å². The Morgan fingerprint density at radius 1 is 1.00 bits per heavy atom. The second kappa shape index (κ2) is 9.76. The molecular formula is C22H17ClFN3O3. The molecule has 0 heterocycles. The van der Waals surface area contributed by atoms with E-state index in [1.807, 2.05) is 6.07 Å². The third kappa shape index (κ3) is 5.27. The zero-order valence-electron chi connectivity index (χ0n) is 15.6. The van der Waals surface area contributed by atoms with Crippen molar-refractivity contribution < 1.29 is 14.0 Å². The summed E-state index contributed by atoms with van der Waals surface area (Å²) in [6.45, 7) is -0.303. The normalized spacial score (nSPS) is 11.4. The van der Waals surface area contributed by atoms with E-state index >= 15 is 0 Å². The number of nitrogens with one attached hydrogen (secondary N) is 2. The first-order valence-electron chi connectivity index (χ1n) is 8.99. The van der Waals surface area contributed by atoms with Crippen molar-refractivity contribution in [2.24, 2.45) is 5.18 Å². The van der Waals surface area contributed by atoms with Crippen molar-refractivity contribution in [3.8, 4) is 0 Å². The van der Waals surface area contributed by atoms with Gasteiger partial charge in [0.25, 0.3) is 5.91 Å². The molecule has 0 fully saturated rings. The van der Waals surface area contributed by atoms with Gasteiger partial charge in [0.2, 0.25) is 5.91 Å². The Morgan fingerprint density at radius 3 is 2.37 bits per heavy atom. The summed E-state index contributed by atoms with van der Waals surface area (Å²) in [6, 6.07) is 17.9. The van der Waals surface area contributed by atoms with E-state index < -0.39 is 23.7 Å². The second-order valence-electron chi connectivity index (χ2n) is 6.40. The SMILES string of the molecule is O=Nc1ccc(Cl)c(C(NC(=O)CNC(=O)c2ccc(F)cc2)c2ccccc2)c1. The molecule has 0 aromatic heterocycles. The van der Waals surface area contributed by atoms with Crippen LogP contribution >= 0.6 is 11.6 Å². The molecule has 0 aliphatic carbocycles. The van der Waals surface area contributed by atoms with Crippen LogP contribution in [0.5, 0.6) is 0 Å². The molecule has 6 nitrogen and oxygen atoms in total. The van der Waals surface area contributed by atoms with Gasteiger partial charge in [0.1, 0.15) is 11.5 Å². The fraction of sp³-hybridized carbons (Fsp3) is 0.0909. The number of carbonyl (C=O) groups is 2. The Morgan fingerprint density at radius 2 is 1.70 bits per heavy atom. The van der Waals surface area contributed by atoms with Crippen molar-refractivity contribution in [1.82, 2.24) is 10.6 Å². The quantitative estimate of drug-likeness (QED) is 0.546. The Labute approximate surface area is 177 Å². The molecule has 30 heavy (non-hydrogen) atoms. The Balaban J connectivity index is 1.76. The molecule has 0 spiro atoms. The van der Waals surface area contributed by atoms with Gasteiger partial charge in [0.05, 0.1) is 12.6 Å². The summed E-state index contributed by atoms with van der Waals surface area (Å²) in [7, 11) is 0. The summed E-state index contributed by atoms with van der Waals surface area (Å²) < 4.78 is 13.0. The van der Waals surface area contributed by atoms with Gasteiger partial charge < -0.3 is 10.6 Å². The fourth-order valence-electron chi connectivity index (χ4n) is 2.87. The molecule has 0 saturated carbocycles. The van der Waals surface area contributed by atoms with Crippen molar-refractivity contribution in [2.75, 3.05) is 6.54 Å². The molecule has 0 saturated heterocycles. The zero-order chi connectivity index (χ0) is 21.5. The van der Waals surface area contributed by atoms with Gasteiger partial charge in [-0.25, -0.2) is 4.39 Å². The Kier molecular flexibility index (Phi) is 6.87. The predicted octanol–water partition coefficient (Wildman–Crippen LogP) is 4.51. The number of nitroso groups, excluding NO2 is 1. The van der Waals surface area contributed by atoms with Crippen LogP contribution in [0.2, 0.25) is 5.02 Å². The number of benzene rings is 3. The standard InChI is InChI=1S/C22H17ClFN3O3/c23-19-11-10-17(27-30)12-18(19)21(14-4-2-1-3-5-14)26-20(28)13-25-22(29)15-6-8-16(24)9-7-15/h1-12,21H,13H2,(H,25,29)(H,26,28). The molecule has 1 atom stereocenters. The van der Waals surface area contributed by atoms with Crippen LogP contribution in [-0.4, -0.2) is 18.4 Å². The van der Waals surface area contributed by atoms with E-state index in [0.29, 0.717) is 10.6 Å². The fourth-order valence-corrected chi connectivity index (χ4v) is 3.10. The van der Waals surface area contributed by atoms with Crippen LogP contribution in [0.3, 0.4) is 0 Å². The smallest absolute Gasteiger partial charge is 0.251 e. The lowest BCUT2D eigenvalue weighted by atomic mass is 9.98. The van der Waals surface area contributed by atoms with Crippen molar-refractivity contribution in [1.29, 1.82) is 0 Å². The molecule has 2 N–H and O–H groups in total. The molecule has 8 heteroatoms. The maximum Gasteiger partial charge on any atom is 0.251 e. The average Bonchev–Trinajstić information content (AvgIpc) is 2.77. The van der Waals surface area contributed by atoms with E-state index in [1.165, 1.54) is 30.3 Å². The van der Waals surface area contributed by atoms with Gasteiger partial charge in [0.15, 0.2) is 0 Å². The highest BCUT2D eigenvalue weighted by Gasteiger charge is 2.20. The summed E-state index contributed by atoms with van der Waals surface area (Å²) in [5, 5.41) is 8.58. The first kappa shape index (κ1) is 21.1. The minimum Gasteiger partial charge on any atom is -0.344 e. The van der Waals surface area contributed by atoms with Crippen LogP contribution in [0.15, 0.2) is 78.0 Å². The molecule has 0 radical (unpaired) electrons. The molecular weight excluding hydrogens is 409 g/mol. The van der Waals surface area contributed by atoms with Gasteiger partial charge in [-0.3, -0.25) is 9.59 Å². The van der Waals surface area contributed by atoms with Gasteiger partial charge in [-0.1, -0.05) is 41.9 Å². The van der Waals surface area contributed by atoms with Crippen molar-refractivity contribution in [2.45, 2.75) is 6.04 Å². The van der Waals surface area contributed by atoms with Gasteiger partial charge in [-0.05, 0) is 58.8 Å². The van der Waals surface area contributed by atoms with Gasteiger partial charge in [0, 0.05) is 10.6 Å². The number of rotatable bonds is 7. The summed E-state index contributed by atoms with van der Waals surface area (Å²) in [5.41, 5.74) is 1.64. The molecule has 0 aliphatic rings. The predicted molar refractivity (Wildman–Crippen MR) is 112 cm³/mol.